The molecular weight excluding hydrogens is 296 g/mol. The van der Waals surface area contributed by atoms with Gasteiger partial charge in [0.1, 0.15) is 0 Å². The minimum Gasteiger partial charge on any atom is -0.165 e. The summed E-state index contributed by atoms with van der Waals surface area (Å²) in [5, 5.41) is 3.27. The maximum atomic E-state index is 2.47. The van der Waals surface area contributed by atoms with Crippen molar-refractivity contribution in [3.63, 3.8) is 0 Å². The van der Waals surface area contributed by atoms with Gasteiger partial charge >= 0.3 is 0 Å². The summed E-state index contributed by atoms with van der Waals surface area (Å²) < 4.78 is 0. The van der Waals surface area contributed by atoms with Crippen molar-refractivity contribution in [2.75, 3.05) is 0 Å². The van der Waals surface area contributed by atoms with Crippen molar-refractivity contribution in [2.45, 2.75) is 39.3 Å². The first-order valence-electron chi connectivity index (χ1n) is 8.07. The van der Waals surface area contributed by atoms with Gasteiger partial charge in [0.25, 0.3) is 0 Å². The fourth-order valence-electron chi connectivity index (χ4n) is 3.11. The summed E-state index contributed by atoms with van der Waals surface area (Å²) in [4.78, 5) is 0. The molecule has 0 heterocycles. The smallest absolute Gasteiger partial charge is 0.0202 e. The summed E-state index contributed by atoms with van der Waals surface area (Å²) in [7, 11) is -2.94. The second-order valence-electron chi connectivity index (χ2n) is 7.98. The molecule has 0 amide bonds. The maximum Gasteiger partial charge on any atom is 0.0202 e. The van der Waals surface area contributed by atoms with Crippen molar-refractivity contribution in [2.24, 2.45) is 0 Å². The molecule has 0 radical (unpaired) electrons. The summed E-state index contributed by atoms with van der Waals surface area (Å²) in [5.74, 6) is 0. The fraction of sp³-hybridized carbons (Fsp3) is 0.300. The Kier molecular flexibility index (Phi) is 4.93. The largest absolute Gasteiger partial charge is 0.165 e. The van der Waals surface area contributed by atoms with Crippen LogP contribution in [0.3, 0.4) is 0 Å². The minimum absolute atomic E-state index is 1.42. The molecule has 0 aromatic heterocycles. The van der Waals surface area contributed by atoms with Gasteiger partial charge in [0.15, 0.2) is 0 Å². The molecule has 2 aliphatic carbocycles. The second-order valence-corrected chi connectivity index (χ2v) is 18.0. The second kappa shape index (κ2) is 6.39. The molecule has 0 saturated carbocycles. The van der Waals surface area contributed by atoms with Crippen LogP contribution in [-0.2, 0) is 0 Å². The predicted molar refractivity (Wildman–Crippen MR) is 106 cm³/mol. The highest BCUT2D eigenvalue weighted by molar-refractivity contribution is 6.92. The van der Waals surface area contributed by atoms with E-state index in [4.69, 9.17) is 0 Å². The van der Waals surface area contributed by atoms with Crippen LogP contribution >= 0.6 is 0 Å². The molecule has 0 unspecified atom stereocenters. The third-order valence-electron chi connectivity index (χ3n) is 3.87. The van der Waals surface area contributed by atoms with Gasteiger partial charge in [0.2, 0.25) is 0 Å². The Morgan fingerprint density at radius 1 is 0.636 bits per heavy atom. The molecule has 2 aliphatic rings. The predicted octanol–water partition coefficient (Wildman–Crippen LogP) is 5.99. The Hall–Kier alpha value is -1.39. The molecule has 0 nitrogen and oxygen atoms in total. The summed E-state index contributed by atoms with van der Waals surface area (Å²) in [6.07, 6.45) is 22.1. The normalized spacial score (nSPS) is 22.3. The van der Waals surface area contributed by atoms with E-state index in [1.54, 1.807) is 10.4 Å². The lowest BCUT2D eigenvalue weighted by molar-refractivity contribution is 1.38. The summed E-state index contributed by atoms with van der Waals surface area (Å²) in [6.45, 7) is 14.8. The lowest BCUT2D eigenvalue weighted by atomic mass is 10.0. The molecule has 0 saturated heterocycles. The minimum atomic E-state index is -1.47. The zero-order chi connectivity index (χ0) is 16.4. The molecule has 22 heavy (non-hydrogen) atoms. The van der Waals surface area contributed by atoms with Crippen molar-refractivity contribution in [3.05, 3.63) is 83.0 Å². The first kappa shape index (κ1) is 17.0. The van der Waals surface area contributed by atoms with Crippen LogP contribution in [0.25, 0.3) is 0 Å². The summed E-state index contributed by atoms with van der Waals surface area (Å²) >= 11 is 0. The molecule has 0 bridgehead atoms. The molecule has 0 aromatic carbocycles. The average molecular weight is 325 g/mol. The standard InChI is InChI=1S/C20H28Si2/c1-21(2,3)19(17-13-9-7-10-14-17)20(22(4,5)6)18-15-11-8-12-16-18/h7-16H,1-6H3/q-2. The highest BCUT2D eigenvalue weighted by atomic mass is 28.3. The number of allylic oxidation sites excluding steroid dienone is 12. The zero-order valence-electron chi connectivity index (χ0n) is 14.8. The molecule has 2 heteroatoms. The molecule has 0 spiro atoms. The molecular formula is C20H28Si2-2. The number of hydrogen-bond acceptors (Lipinski definition) is 0. The van der Waals surface area contributed by atoms with Gasteiger partial charge in [0, 0.05) is 16.1 Å². The molecule has 0 aromatic rings. The maximum absolute atomic E-state index is 2.47. The Bertz CT molecular complexity index is 553. The fourth-order valence-corrected chi connectivity index (χ4v) is 9.22. The van der Waals surface area contributed by atoms with Crippen LogP contribution in [0, 0.1) is 12.8 Å². The van der Waals surface area contributed by atoms with Crippen molar-refractivity contribution in [1.82, 2.24) is 0 Å². The van der Waals surface area contributed by atoms with Crippen LogP contribution in [0.2, 0.25) is 39.3 Å². The van der Waals surface area contributed by atoms with E-state index in [9.17, 15) is 0 Å². The van der Waals surface area contributed by atoms with Crippen LogP contribution in [0.1, 0.15) is 0 Å². The van der Waals surface area contributed by atoms with E-state index in [0.29, 0.717) is 0 Å². The van der Waals surface area contributed by atoms with Crippen LogP contribution in [-0.4, -0.2) is 16.1 Å². The van der Waals surface area contributed by atoms with Gasteiger partial charge in [-0.15, -0.1) is 61.4 Å². The van der Waals surface area contributed by atoms with E-state index in [1.807, 2.05) is 0 Å². The van der Waals surface area contributed by atoms with Gasteiger partial charge < -0.3 is 0 Å². The Morgan fingerprint density at radius 3 is 1.23 bits per heavy atom. The quantitative estimate of drug-likeness (QED) is 0.441. The average Bonchev–Trinajstić information content (AvgIpc) is 2.44. The third kappa shape index (κ3) is 3.87. The SMILES string of the molecule is C[Si](C)(C)C(=C1\C=CC=C[CH-]1)/C(=C1/C=CC=C[CH-]1)[Si](C)(C)C. The Balaban J connectivity index is 2.71. The van der Waals surface area contributed by atoms with E-state index < -0.39 is 16.1 Å². The summed E-state index contributed by atoms with van der Waals surface area (Å²) in [6, 6.07) is 0. The van der Waals surface area contributed by atoms with Gasteiger partial charge in [-0.25, -0.2) is 0 Å². The number of rotatable bonds is 3. The Labute approximate surface area is 138 Å². The van der Waals surface area contributed by atoms with Crippen molar-refractivity contribution in [3.8, 4) is 0 Å². The van der Waals surface area contributed by atoms with Crippen LogP contribution in [0.15, 0.2) is 70.1 Å². The van der Waals surface area contributed by atoms with E-state index in [0.717, 1.165) is 0 Å². The topological polar surface area (TPSA) is 0 Å². The zero-order valence-corrected chi connectivity index (χ0v) is 16.8. The molecule has 118 valence electrons. The van der Waals surface area contributed by atoms with E-state index in [1.165, 1.54) is 11.1 Å². The first-order chi connectivity index (χ1) is 10.2. The van der Waals surface area contributed by atoms with Crippen LogP contribution in [0.4, 0.5) is 0 Å². The van der Waals surface area contributed by atoms with Gasteiger partial charge in [-0.05, 0) is 0 Å². The van der Waals surface area contributed by atoms with Crippen molar-refractivity contribution in [1.29, 1.82) is 0 Å². The molecule has 0 fully saturated rings. The number of hydrogen-bond donors (Lipinski definition) is 0. The van der Waals surface area contributed by atoms with Gasteiger partial charge in [-0.3, -0.25) is 0 Å². The van der Waals surface area contributed by atoms with Gasteiger partial charge in [0.05, 0.1) is 0 Å². The first-order valence-corrected chi connectivity index (χ1v) is 15.1. The molecule has 0 N–H and O–H groups in total. The van der Waals surface area contributed by atoms with E-state index in [2.05, 4.69) is 101 Å². The van der Waals surface area contributed by atoms with E-state index >= 15 is 0 Å². The molecule has 0 atom stereocenters. The van der Waals surface area contributed by atoms with E-state index in [-0.39, 0.29) is 0 Å². The lowest BCUT2D eigenvalue weighted by Crippen LogP contribution is -2.37. The summed E-state index contributed by atoms with van der Waals surface area (Å²) in [5.41, 5.74) is 2.84. The van der Waals surface area contributed by atoms with Crippen LogP contribution in [0.5, 0.6) is 0 Å². The molecule has 0 aliphatic heterocycles. The Morgan fingerprint density at radius 2 is 1.00 bits per heavy atom. The van der Waals surface area contributed by atoms with Gasteiger partial charge in [-0.1, -0.05) is 39.3 Å². The third-order valence-corrected chi connectivity index (χ3v) is 8.20. The van der Waals surface area contributed by atoms with Crippen molar-refractivity contribution < 1.29 is 0 Å². The monoisotopic (exact) mass is 324 g/mol. The van der Waals surface area contributed by atoms with Gasteiger partial charge in [-0.2, -0.15) is 21.5 Å². The van der Waals surface area contributed by atoms with Crippen LogP contribution < -0.4 is 0 Å². The highest BCUT2D eigenvalue weighted by Crippen LogP contribution is 2.38. The van der Waals surface area contributed by atoms with Crippen molar-refractivity contribution >= 4 is 16.1 Å². The molecule has 2 rings (SSSR count). The lowest BCUT2D eigenvalue weighted by Gasteiger charge is -2.43. The highest BCUT2D eigenvalue weighted by Gasteiger charge is 2.26.